The number of hydrogen-bond donors (Lipinski definition) is 1. The van der Waals surface area contributed by atoms with Crippen LogP contribution in [-0.2, 0) is 6.61 Å². The second-order valence-corrected chi connectivity index (χ2v) is 3.02. The summed E-state index contributed by atoms with van der Waals surface area (Å²) in [5.74, 6) is 0.438. The maximum absolute atomic E-state index is 9.02. The van der Waals surface area contributed by atoms with E-state index in [1.54, 1.807) is 6.20 Å². The van der Waals surface area contributed by atoms with Gasteiger partial charge in [-0.05, 0) is 24.0 Å². The van der Waals surface area contributed by atoms with Gasteiger partial charge < -0.3 is 5.11 Å². The molecule has 0 aliphatic carbocycles. The largest absolute Gasteiger partial charge is 0.392 e. The SMILES string of the molecule is CCC(C)c1ncccc1CO. The summed E-state index contributed by atoms with van der Waals surface area (Å²) in [6, 6.07) is 3.78. The van der Waals surface area contributed by atoms with Crippen molar-refractivity contribution in [3.63, 3.8) is 0 Å². The Morgan fingerprint density at radius 3 is 2.92 bits per heavy atom. The van der Waals surface area contributed by atoms with E-state index in [9.17, 15) is 0 Å². The van der Waals surface area contributed by atoms with Crippen molar-refractivity contribution in [2.24, 2.45) is 0 Å². The Balaban J connectivity index is 2.96. The highest BCUT2D eigenvalue weighted by atomic mass is 16.3. The summed E-state index contributed by atoms with van der Waals surface area (Å²) in [6.07, 6.45) is 2.84. The van der Waals surface area contributed by atoms with Crippen molar-refractivity contribution >= 4 is 0 Å². The number of hydrogen-bond acceptors (Lipinski definition) is 2. The van der Waals surface area contributed by atoms with E-state index < -0.39 is 0 Å². The predicted octanol–water partition coefficient (Wildman–Crippen LogP) is 2.09. The van der Waals surface area contributed by atoms with Crippen molar-refractivity contribution in [1.29, 1.82) is 0 Å². The zero-order valence-electron chi connectivity index (χ0n) is 7.62. The number of pyridine rings is 1. The maximum Gasteiger partial charge on any atom is 0.0699 e. The first kappa shape index (κ1) is 9.20. The van der Waals surface area contributed by atoms with E-state index in [0.29, 0.717) is 5.92 Å². The van der Waals surface area contributed by atoms with Crippen LogP contribution in [0.2, 0.25) is 0 Å². The van der Waals surface area contributed by atoms with Crippen LogP contribution in [0.25, 0.3) is 0 Å². The molecule has 0 aliphatic heterocycles. The summed E-state index contributed by atoms with van der Waals surface area (Å²) < 4.78 is 0. The Hall–Kier alpha value is -0.890. The second kappa shape index (κ2) is 4.21. The monoisotopic (exact) mass is 165 g/mol. The van der Waals surface area contributed by atoms with E-state index in [1.807, 2.05) is 12.1 Å². The topological polar surface area (TPSA) is 33.1 Å². The highest BCUT2D eigenvalue weighted by molar-refractivity contribution is 5.21. The molecular weight excluding hydrogens is 150 g/mol. The summed E-state index contributed by atoms with van der Waals surface area (Å²) in [7, 11) is 0. The van der Waals surface area contributed by atoms with Crippen LogP contribution in [0.3, 0.4) is 0 Å². The highest BCUT2D eigenvalue weighted by Gasteiger charge is 2.08. The molecule has 0 amide bonds. The quantitative estimate of drug-likeness (QED) is 0.744. The lowest BCUT2D eigenvalue weighted by Gasteiger charge is -2.11. The van der Waals surface area contributed by atoms with Crippen LogP contribution >= 0.6 is 0 Å². The molecule has 1 rings (SSSR count). The third-order valence-electron chi connectivity index (χ3n) is 2.18. The number of nitrogens with zero attached hydrogens (tertiary/aromatic N) is 1. The third kappa shape index (κ3) is 1.83. The lowest BCUT2D eigenvalue weighted by atomic mass is 10.00. The minimum Gasteiger partial charge on any atom is -0.392 e. The summed E-state index contributed by atoms with van der Waals surface area (Å²) in [4.78, 5) is 4.26. The smallest absolute Gasteiger partial charge is 0.0699 e. The van der Waals surface area contributed by atoms with Crippen LogP contribution in [0, 0.1) is 0 Å². The lowest BCUT2D eigenvalue weighted by Crippen LogP contribution is -2.01. The van der Waals surface area contributed by atoms with Gasteiger partial charge in [-0.1, -0.05) is 19.9 Å². The molecule has 0 saturated heterocycles. The van der Waals surface area contributed by atoms with Crippen LogP contribution in [0.4, 0.5) is 0 Å². The van der Waals surface area contributed by atoms with Crippen LogP contribution in [0.1, 0.15) is 37.4 Å². The van der Waals surface area contributed by atoms with Crippen LogP contribution in [0.5, 0.6) is 0 Å². The standard InChI is InChI=1S/C10H15NO/c1-3-8(2)10-9(7-12)5-4-6-11-10/h4-6,8,12H,3,7H2,1-2H3. The first-order valence-corrected chi connectivity index (χ1v) is 4.34. The zero-order chi connectivity index (χ0) is 8.97. The fraction of sp³-hybridized carbons (Fsp3) is 0.500. The van der Waals surface area contributed by atoms with E-state index in [-0.39, 0.29) is 6.61 Å². The molecule has 1 N–H and O–H groups in total. The van der Waals surface area contributed by atoms with Crippen LogP contribution < -0.4 is 0 Å². The summed E-state index contributed by atoms with van der Waals surface area (Å²) >= 11 is 0. The van der Waals surface area contributed by atoms with Crippen LogP contribution in [-0.4, -0.2) is 10.1 Å². The number of rotatable bonds is 3. The summed E-state index contributed by atoms with van der Waals surface area (Å²) in [5.41, 5.74) is 1.98. The Kier molecular flexibility index (Phi) is 3.23. The van der Waals surface area contributed by atoms with Crippen molar-refractivity contribution in [3.8, 4) is 0 Å². The molecule has 1 atom stereocenters. The predicted molar refractivity (Wildman–Crippen MR) is 48.9 cm³/mol. The van der Waals surface area contributed by atoms with E-state index in [2.05, 4.69) is 18.8 Å². The molecule has 12 heavy (non-hydrogen) atoms. The first-order chi connectivity index (χ1) is 5.79. The van der Waals surface area contributed by atoms with Crippen molar-refractivity contribution in [3.05, 3.63) is 29.6 Å². The molecule has 0 spiro atoms. The first-order valence-electron chi connectivity index (χ1n) is 4.34. The molecule has 1 heterocycles. The Labute approximate surface area is 73.3 Å². The Morgan fingerprint density at radius 2 is 2.33 bits per heavy atom. The summed E-state index contributed by atoms with van der Waals surface area (Å²) in [5, 5.41) is 9.02. The van der Waals surface area contributed by atoms with E-state index in [0.717, 1.165) is 17.7 Å². The average molecular weight is 165 g/mol. The highest BCUT2D eigenvalue weighted by Crippen LogP contribution is 2.19. The molecule has 2 heteroatoms. The minimum atomic E-state index is 0.0908. The Bertz CT molecular complexity index is 247. The molecule has 1 aromatic heterocycles. The number of aliphatic hydroxyl groups is 1. The molecule has 66 valence electrons. The van der Waals surface area contributed by atoms with E-state index >= 15 is 0 Å². The van der Waals surface area contributed by atoms with Gasteiger partial charge in [-0.25, -0.2) is 0 Å². The molecular formula is C10H15NO. The molecule has 0 aliphatic rings. The average Bonchev–Trinajstić information content (AvgIpc) is 2.16. The van der Waals surface area contributed by atoms with Crippen molar-refractivity contribution < 1.29 is 5.11 Å². The van der Waals surface area contributed by atoms with Gasteiger partial charge in [0.2, 0.25) is 0 Å². The maximum atomic E-state index is 9.02. The van der Waals surface area contributed by atoms with Gasteiger partial charge in [0.25, 0.3) is 0 Å². The van der Waals surface area contributed by atoms with Gasteiger partial charge in [-0.2, -0.15) is 0 Å². The zero-order valence-corrected chi connectivity index (χ0v) is 7.62. The summed E-state index contributed by atoms with van der Waals surface area (Å²) in [6.45, 7) is 4.34. The third-order valence-corrected chi connectivity index (χ3v) is 2.18. The number of aliphatic hydroxyl groups excluding tert-OH is 1. The molecule has 2 nitrogen and oxygen atoms in total. The Morgan fingerprint density at radius 1 is 1.58 bits per heavy atom. The normalized spacial score (nSPS) is 12.9. The van der Waals surface area contributed by atoms with Gasteiger partial charge in [0.05, 0.1) is 6.61 Å². The molecule has 1 aromatic rings. The van der Waals surface area contributed by atoms with Gasteiger partial charge in [0, 0.05) is 11.9 Å². The lowest BCUT2D eigenvalue weighted by molar-refractivity contribution is 0.279. The molecule has 0 radical (unpaired) electrons. The fourth-order valence-corrected chi connectivity index (χ4v) is 1.22. The van der Waals surface area contributed by atoms with Crippen molar-refractivity contribution in [1.82, 2.24) is 4.98 Å². The van der Waals surface area contributed by atoms with Gasteiger partial charge >= 0.3 is 0 Å². The van der Waals surface area contributed by atoms with E-state index in [4.69, 9.17) is 5.11 Å². The molecule has 0 bridgehead atoms. The molecule has 0 fully saturated rings. The van der Waals surface area contributed by atoms with Gasteiger partial charge in [-0.15, -0.1) is 0 Å². The van der Waals surface area contributed by atoms with Gasteiger partial charge in [0.15, 0.2) is 0 Å². The minimum absolute atomic E-state index is 0.0908. The van der Waals surface area contributed by atoms with Gasteiger partial charge in [0.1, 0.15) is 0 Å². The van der Waals surface area contributed by atoms with E-state index in [1.165, 1.54) is 0 Å². The fourth-order valence-electron chi connectivity index (χ4n) is 1.22. The van der Waals surface area contributed by atoms with Gasteiger partial charge in [-0.3, -0.25) is 4.98 Å². The molecule has 1 unspecified atom stereocenters. The molecule has 0 saturated carbocycles. The van der Waals surface area contributed by atoms with Crippen LogP contribution in [0.15, 0.2) is 18.3 Å². The van der Waals surface area contributed by atoms with Crippen molar-refractivity contribution in [2.75, 3.05) is 0 Å². The number of aromatic nitrogens is 1. The van der Waals surface area contributed by atoms with Crippen molar-refractivity contribution in [2.45, 2.75) is 32.8 Å². The molecule has 0 aromatic carbocycles. The second-order valence-electron chi connectivity index (χ2n) is 3.02.